The zero-order valence-corrected chi connectivity index (χ0v) is 18.5. The summed E-state index contributed by atoms with van der Waals surface area (Å²) >= 11 is 5.97. The molecule has 0 aliphatic carbocycles. The van der Waals surface area contributed by atoms with Gasteiger partial charge in [-0.05, 0) is 54.6 Å². The molecular formula is C21H18ClFN2O6S. The second-order valence-electron chi connectivity index (χ2n) is 6.73. The molecule has 1 amide bonds. The number of sulfonamides is 1. The Balaban J connectivity index is 1.62. The van der Waals surface area contributed by atoms with Gasteiger partial charge in [0.2, 0.25) is 15.8 Å². The summed E-state index contributed by atoms with van der Waals surface area (Å²) in [6, 6.07) is 12.3. The maximum Gasteiger partial charge on any atom is 0.374 e. The molecule has 0 spiro atoms. The fourth-order valence-corrected chi connectivity index (χ4v) is 3.99. The van der Waals surface area contributed by atoms with Crippen molar-refractivity contribution in [1.29, 1.82) is 0 Å². The molecule has 0 aliphatic rings. The number of carbonyl (C=O) groups excluding carboxylic acids is 2. The highest BCUT2D eigenvalue weighted by atomic mass is 35.5. The van der Waals surface area contributed by atoms with E-state index in [4.69, 9.17) is 20.8 Å². The summed E-state index contributed by atoms with van der Waals surface area (Å²) in [5.74, 6) is -1.78. The number of amides is 1. The number of carbonyl (C=O) groups is 2. The third-order valence-electron chi connectivity index (χ3n) is 4.24. The fourth-order valence-electron chi connectivity index (χ4n) is 2.59. The molecule has 0 bridgehead atoms. The van der Waals surface area contributed by atoms with E-state index in [9.17, 15) is 22.4 Å². The standard InChI is InChI=1S/C21H18ClFN2O6S/c1-25(2)32(28,29)19-11-15(7-8-16(19)22)24-20(26)12-30-21(27)18-10-9-17(31-18)13-3-5-14(23)6-4-13/h3-11H,12H2,1-2H3,(H,24,26). The molecule has 3 rings (SSSR count). The number of hydrogen-bond acceptors (Lipinski definition) is 6. The Morgan fingerprint density at radius 3 is 2.44 bits per heavy atom. The largest absolute Gasteiger partial charge is 0.450 e. The van der Waals surface area contributed by atoms with Gasteiger partial charge in [-0.3, -0.25) is 4.79 Å². The molecule has 2 aromatic carbocycles. The molecule has 0 unspecified atom stereocenters. The summed E-state index contributed by atoms with van der Waals surface area (Å²) in [7, 11) is -1.11. The van der Waals surface area contributed by atoms with E-state index in [1.54, 1.807) is 0 Å². The van der Waals surface area contributed by atoms with Gasteiger partial charge in [-0.25, -0.2) is 21.9 Å². The Labute approximate surface area is 188 Å². The average molecular weight is 481 g/mol. The van der Waals surface area contributed by atoms with Gasteiger partial charge in [-0.15, -0.1) is 0 Å². The van der Waals surface area contributed by atoms with Crippen LogP contribution in [0.5, 0.6) is 0 Å². The van der Waals surface area contributed by atoms with Gasteiger partial charge in [0.05, 0.1) is 5.02 Å². The van der Waals surface area contributed by atoms with Gasteiger partial charge in [0.15, 0.2) is 6.61 Å². The van der Waals surface area contributed by atoms with E-state index in [2.05, 4.69) is 5.32 Å². The van der Waals surface area contributed by atoms with Gasteiger partial charge < -0.3 is 14.5 Å². The maximum absolute atomic E-state index is 13.0. The number of esters is 1. The van der Waals surface area contributed by atoms with E-state index in [1.807, 2.05) is 0 Å². The Morgan fingerprint density at radius 1 is 1.09 bits per heavy atom. The quantitative estimate of drug-likeness (QED) is 0.516. The first-order valence-electron chi connectivity index (χ1n) is 9.13. The van der Waals surface area contributed by atoms with Gasteiger partial charge in [-0.1, -0.05) is 11.6 Å². The van der Waals surface area contributed by atoms with Crippen LogP contribution in [-0.4, -0.2) is 45.3 Å². The minimum atomic E-state index is -3.82. The molecule has 1 heterocycles. The normalized spacial score (nSPS) is 11.4. The number of nitrogens with one attached hydrogen (secondary N) is 1. The zero-order chi connectivity index (χ0) is 23.5. The lowest BCUT2D eigenvalue weighted by molar-refractivity contribution is -0.119. The van der Waals surface area contributed by atoms with Crippen molar-refractivity contribution < 1.29 is 31.6 Å². The smallest absolute Gasteiger partial charge is 0.374 e. The van der Waals surface area contributed by atoms with Crippen LogP contribution in [0, 0.1) is 5.82 Å². The fraction of sp³-hybridized carbons (Fsp3) is 0.143. The number of halogens is 2. The zero-order valence-electron chi connectivity index (χ0n) is 17.0. The molecular weight excluding hydrogens is 463 g/mol. The van der Waals surface area contributed by atoms with Crippen molar-refractivity contribution in [3.63, 3.8) is 0 Å². The molecule has 0 radical (unpaired) electrons. The number of anilines is 1. The minimum absolute atomic E-state index is 0.00194. The molecule has 1 aromatic heterocycles. The van der Waals surface area contributed by atoms with Crippen LogP contribution in [0.4, 0.5) is 10.1 Å². The van der Waals surface area contributed by atoms with Crippen molar-refractivity contribution >= 4 is 39.2 Å². The van der Waals surface area contributed by atoms with E-state index in [1.165, 1.54) is 68.7 Å². The van der Waals surface area contributed by atoms with Gasteiger partial charge in [0.25, 0.3) is 5.91 Å². The van der Waals surface area contributed by atoms with Crippen LogP contribution < -0.4 is 5.32 Å². The Morgan fingerprint density at radius 2 is 1.78 bits per heavy atom. The first-order valence-corrected chi connectivity index (χ1v) is 10.9. The Kier molecular flexibility index (Phi) is 6.97. The highest BCUT2D eigenvalue weighted by molar-refractivity contribution is 7.89. The first kappa shape index (κ1) is 23.5. The average Bonchev–Trinajstić information content (AvgIpc) is 3.24. The SMILES string of the molecule is CN(C)S(=O)(=O)c1cc(NC(=O)COC(=O)c2ccc(-c3ccc(F)cc3)o2)ccc1Cl. The Bertz CT molecular complexity index is 1260. The van der Waals surface area contributed by atoms with Gasteiger partial charge in [-0.2, -0.15) is 0 Å². The number of benzene rings is 2. The van der Waals surface area contributed by atoms with E-state index >= 15 is 0 Å². The first-order chi connectivity index (χ1) is 15.1. The summed E-state index contributed by atoms with van der Waals surface area (Å²) in [4.78, 5) is 24.1. The van der Waals surface area contributed by atoms with E-state index in [0.29, 0.717) is 11.3 Å². The molecule has 0 fully saturated rings. The molecule has 8 nitrogen and oxygen atoms in total. The predicted molar refractivity (Wildman–Crippen MR) is 115 cm³/mol. The highest BCUT2D eigenvalue weighted by Crippen LogP contribution is 2.27. The van der Waals surface area contributed by atoms with Crippen molar-refractivity contribution in [3.8, 4) is 11.3 Å². The van der Waals surface area contributed by atoms with Crippen molar-refractivity contribution in [1.82, 2.24) is 4.31 Å². The number of ether oxygens (including phenoxy) is 1. The summed E-state index contributed by atoms with van der Waals surface area (Å²) < 4.78 is 49.0. The summed E-state index contributed by atoms with van der Waals surface area (Å²) in [5, 5.41) is 2.44. The van der Waals surface area contributed by atoms with E-state index in [0.717, 1.165) is 4.31 Å². The summed E-state index contributed by atoms with van der Waals surface area (Å²) in [5.41, 5.74) is 0.724. The third kappa shape index (κ3) is 5.34. The van der Waals surface area contributed by atoms with Gasteiger partial charge >= 0.3 is 5.97 Å². The van der Waals surface area contributed by atoms with Crippen LogP contribution in [0.3, 0.4) is 0 Å². The predicted octanol–water partition coefficient (Wildman–Crippen LogP) is 3.78. The molecule has 0 aliphatic heterocycles. The maximum atomic E-state index is 13.0. The minimum Gasteiger partial charge on any atom is -0.450 e. The number of nitrogens with zero attached hydrogens (tertiary/aromatic N) is 1. The van der Waals surface area contributed by atoms with Crippen LogP contribution in [0.25, 0.3) is 11.3 Å². The lowest BCUT2D eigenvalue weighted by atomic mass is 10.2. The van der Waals surface area contributed by atoms with Crippen molar-refractivity contribution in [2.24, 2.45) is 0 Å². The molecule has 32 heavy (non-hydrogen) atoms. The molecule has 1 N–H and O–H groups in total. The second-order valence-corrected chi connectivity index (χ2v) is 9.26. The van der Waals surface area contributed by atoms with E-state index in [-0.39, 0.29) is 21.4 Å². The third-order valence-corrected chi connectivity index (χ3v) is 6.54. The van der Waals surface area contributed by atoms with Crippen LogP contribution in [0.2, 0.25) is 5.02 Å². The lowest BCUT2D eigenvalue weighted by Crippen LogP contribution is -2.23. The Hall–Kier alpha value is -3.21. The number of hydrogen-bond donors (Lipinski definition) is 1. The van der Waals surface area contributed by atoms with Crippen LogP contribution in [-0.2, 0) is 19.6 Å². The van der Waals surface area contributed by atoms with Crippen LogP contribution >= 0.6 is 11.6 Å². The lowest BCUT2D eigenvalue weighted by Gasteiger charge is -2.14. The summed E-state index contributed by atoms with van der Waals surface area (Å²) in [6.45, 7) is -0.635. The topological polar surface area (TPSA) is 106 Å². The van der Waals surface area contributed by atoms with Gasteiger partial charge in [0, 0.05) is 25.3 Å². The molecule has 0 saturated heterocycles. The van der Waals surface area contributed by atoms with Crippen molar-refractivity contribution in [3.05, 3.63) is 71.2 Å². The molecule has 0 atom stereocenters. The van der Waals surface area contributed by atoms with Crippen molar-refractivity contribution in [2.75, 3.05) is 26.0 Å². The molecule has 11 heteroatoms. The van der Waals surface area contributed by atoms with Gasteiger partial charge in [0.1, 0.15) is 16.5 Å². The van der Waals surface area contributed by atoms with Crippen molar-refractivity contribution in [2.45, 2.75) is 4.90 Å². The van der Waals surface area contributed by atoms with E-state index < -0.39 is 34.3 Å². The molecule has 0 saturated carbocycles. The second kappa shape index (κ2) is 9.51. The van der Waals surface area contributed by atoms with Crippen LogP contribution in [0.15, 0.2) is 63.9 Å². The monoisotopic (exact) mass is 480 g/mol. The molecule has 168 valence electrons. The number of rotatable bonds is 7. The number of furan rings is 1. The van der Waals surface area contributed by atoms with Crippen LogP contribution in [0.1, 0.15) is 10.6 Å². The summed E-state index contributed by atoms with van der Waals surface area (Å²) in [6.07, 6.45) is 0. The molecule has 3 aromatic rings. The highest BCUT2D eigenvalue weighted by Gasteiger charge is 2.22.